The van der Waals surface area contributed by atoms with Gasteiger partial charge in [-0.05, 0) is 37.9 Å². The second-order valence-corrected chi connectivity index (χ2v) is 7.12. The first-order valence-corrected chi connectivity index (χ1v) is 10.4. The first-order chi connectivity index (χ1) is 14.5. The second kappa shape index (κ2) is 11.9. The van der Waals surface area contributed by atoms with E-state index in [1.807, 2.05) is 19.9 Å². The Bertz CT molecular complexity index is 740. The summed E-state index contributed by atoms with van der Waals surface area (Å²) in [6.45, 7) is 4.62. The van der Waals surface area contributed by atoms with Crippen molar-refractivity contribution in [3.05, 3.63) is 30.3 Å². The van der Waals surface area contributed by atoms with E-state index in [1.54, 1.807) is 29.2 Å². The number of carbonyl (C=O) groups excluding carboxylic acids is 4. The van der Waals surface area contributed by atoms with Crippen LogP contribution in [0.2, 0.25) is 0 Å². The fraction of sp³-hybridized carbons (Fsp3) is 0.524. The Hall–Kier alpha value is -2.94. The number of hydrogen-bond acceptors (Lipinski definition) is 5. The Morgan fingerprint density at radius 1 is 1.03 bits per heavy atom. The van der Waals surface area contributed by atoms with Crippen molar-refractivity contribution in [3.8, 4) is 0 Å². The van der Waals surface area contributed by atoms with Crippen LogP contribution in [0.3, 0.4) is 0 Å². The van der Waals surface area contributed by atoms with Gasteiger partial charge in [0, 0.05) is 12.2 Å². The van der Waals surface area contributed by atoms with E-state index in [1.165, 1.54) is 0 Å². The van der Waals surface area contributed by atoms with E-state index in [2.05, 4.69) is 21.3 Å². The molecule has 1 aliphatic heterocycles. The molecule has 2 rings (SSSR count). The van der Waals surface area contributed by atoms with Crippen LogP contribution in [0.1, 0.15) is 33.1 Å². The molecule has 0 aromatic heterocycles. The van der Waals surface area contributed by atoms with Crippen molar-refractivity contribution in [3.63, 3.8) is 0 Å². The van der Waals surface area contributed by atoms with Crippen molar-refractivity contribution in [2.75, 3.05) is 31.5 Å². The third kappa shape index (κ3) is 6.84. The number of likely N-dealkylation sites (N-methyl/N-ethyl adjacent to an activating group) is 1. The molecule has 0 aliphatic carbocycles. The second-order valence-electron chi connectivity index (χ2n) is 7.12. The van der Waals surface area contributed by atoms with Crippen molar-refractivity contribution in [1.82, 2.24) is 20.9 Å². The highest BCUT2D eigenvalue weighted by Gasteiger charge is 2.36. The molecule has 0 bridgehead atoms. The lowest BCUT2D eigenvalue weighted by atomic mass is 10.1. The largest absolute Gasteiger partial charge is 0.345 e. The molecule has 9 heteroatoms. The van der Waals surface area contributed by atoms with Gasteiger partial charge in [-0.2, -0.15) is 0 Å². The van der Waals surface area contributed by atoms with Gasteiger partial charge >= 0.3 is 0 Å². The summed E-state index contributed by atoms with van der Waals surface area (Å²) in [6, 6.07) is 8.03. The smallest absolute Gasteiger partial charge is 0.243 e. The van der Waals surface area contributed by atoms with Crippen LogP contribution in [-0.4, -0.2) is 66.8 Å². The maximum Gasteiger partial charge on any atom is 0.243 e. The average molecular weight is 418 g/mol. The highest BCUT2D eigenvalue weighted by atomic mass is 16.2. The SMILES string of the molecule is CCNC(CC)C(=O)N1CCCC1C(=O)NCC(=O)NCC(=O)Nc1ccccc1. The molecule has 1 aromatic carbocycles. The highest BCUT2D eigenvalue weighted by molar-refractivity contribution is 5.96. The Morgan fingerprint density at radius 2 is 1.73 bits per heavy atom. The van der Waals surface area contributed by atoms with E-state index in [-0.39, 0.29) is 36.9 Å². The number of anilines is 1. The van der Waals surface area contributed by atoms with Gasteiger partial charge in [0.15, 0.2) is 0 Å². The van der Waals surface area contributed by atoms with Gasteiger partial charge in [-0.3, -0.25) is 19.2 Å². The number of nitrogens with one attached hydrogen (secondary N) is 4. The van der Waals surface area contributed by atoms with Crippen LogP contribution >= 0.6 is 0 Å². The number of hydrogen-bond donors (Lipinski definition) is 4. The van der Waals surface area contributed by atoms with E-state index >= 15 is 0 Å². The molecule has 0 radical (unpaired) electrons. The van der Waals surface area contributed by atoms with Gasteiger partial charge in [0.1, 0.15) is 6.04 Å². The first-order valence-electron chi connectivity index (χ1n) is 10.4. The molecular formula is C21H31N5O4. The summed E-state index contributed by atoms with van der Waals surface area (Å²) in [5, 5.41) is 10.8. The van der Waals surface area contributed by atoms with Gasteiger partial charge in [-0.1, -0.05) is 32.0 Å². The summed E-state index contributed by atoms with van der Waals surface area (Å²) in [5.74, 6) is -1.26. The van der Waals surface area contributed by atoms with Crippen molar-refractivity contribution < 1.29 is 19.2 Å². The summed E-state index contributed by atoms with van der Waals surface area (Å²) >= 11 is 0. The lowest BCUT2D eigenvalue weighted by molar-refractivity contribution is -0.140. The Balaban J connectivity index is 1.76. The Kier molecular flexibility index (Phi) is 9.27. The molecule has 2 unspecified atom stereocenters. The number of para-hydroxylation sites is 1. The fourth-order valence-electron chi connectivity index (χ4n) is 3.41. The molecule has 2 atom stereocenters. The standard InChI is InChI=1S/C21H31N5O4/c1-3-16(22-4-2)21(30)26-12-8-11-17(26)20(29)24-13-18(27)23-14-19(28)25-15-9-6-5-7-10-15/h5-7,9-10,16-17,22H,3-4,8,11-14H2,1-2H3,(H,23,27)(H,24,29)(H,25,28). The molecule has 1 fully saturated rings. The van der Waals surface area contributed by atoms with Gasteiger partial charge in [0.25, 0.3) is 0 Å². The molecule has 1 aromatic rings. The average Bonchev–Trinajstić information content (AvgIpc) is 3.24. The van der Waals surface area contributed by atoms with Crippen molar-refractivity contribution in [2.24, 2.45) is 0 Å². The molecule has 1 aliphatic rings. The Labute approximate surface area is 177 Å². The molecule has 4 N–H and O–H groups in total. The third-order valence-electron chi connectivity index (χ3n) is 4.92. The van der Waals surface area contributed by atoms with Crippen LogP contribution < -0.4 is 21.3 Å². The van der Waals surface area contributed by atoms with E-state index in [0.29, 0.717) is 31.6 Å². The molecule has 1 heterocycles. The maximum atomic E-state index is 12.7. The number of carbonyl (C=O) groups is 4. The van der Waals surface area contributed by atoms with Gasteiger partial charge < -0.3 is 26.2 Å². The third-order valence-corrected chi connectivity index (χ3v) is 4.92. The normalized spacial score (nSPS) is 16.6. The minimum Gasteiger partial charge on any atom is -0.345 e. The van der Waals surface area contributed by atoms with Crippen LogP contribution in [0, 0.1) is 0 Å². The van der Waals surface area contributed by atoms with Gasteiger partial charge in [0.05, 0.1) is 19.1 Å². The zero-order chi connectivity index (χ0) is 21.9. The van der Waals surface area contributed by atoms with E-state index in [9.17, 15) is 19.2 Å². The van der Waals surface area contributed by atoms with Gasteiger partial charge in [-0.15, -0.1) is 0 Å². The number of rotatable bonds is 10. The van der Waals surface area contributed by atoms with Crippen LogP contribution in [0.15, 0.2) is 30.3 Å². The summed E-state index contributed by atoms with van der Waals surface area (Å²) < 4.78 is 0. The van der Waals surface area contributed by atoms with E-state index < -0.39 is 11.9 Å². The predicted molar refractivity (Wildman–Crippen MR) is 114 cm³/mol. The number of likely N-dealkylation sites (tertiary alicyclic amines) is 1. The lowest BCUT2D eigenvalue weighted by Gasteiger charge is -2.28. The number of amides is 4. The maximum absolute atomic E-state index is 12.7. The van der Waals surface area contributed by atoms with Crippen molar-refractivity contribution in [2.45, 2.75) is 45.2 Å². The summed E-state index contributed by atoms with van der Waals surface area (Å²) in [5.41, 5.74) is 0.638. The van der Waals surface area contributed by atoms with Crippen LogP contribution in [-0.2, 0) is 19.2 Å². The van der Waals surface area contributed by atoms with Crippen LogP contribution in [0.5, 0.6) is 0 Å². The first kappa shape index (κ1) is 23.3. The lowest BCUT2D eigenvalue weighted by Crippen LogP contribution is -2.53. The number of benzene rings is 1. The van der Waals surface area contributed by atoms with Crippen LogP contribution in [0.4, 0.5) is 5.69 Å². The zero-order valence-corrected chi connectivity index (χ0v) is 17.6. The molecular weight excluding hydrogens is 386 g/mol. The van der Waals surface area contributed by atoms with Crippen molar-refractivity contribution >= 4 is 29.3 Å². The van der Waals surface area contributed by atoms with Gasteiger partial charge in [-0.25, -0.2) is 0 Å². The molecule has 0 saturated carbocycles. The molecule has 9 nitrogen and oxygen atoms in total. The highest BCUT2D eigenvalue weighted by Crippen LogP contribution is 2.19. The van der Waals surface area contributed by atoms with Crippen LogP contribution in [0.25, 0.3) is 0 Å². The summed E-state index contributed by atoms with van der Waals surface area (Å²) in [7, 11) is 0. The minimum absolute atomic E-state index is 0.0842. The van der Waals surface area contributed by atoms with Crippen molar-refractivity contribution in [1.29, 1.82) is 0 Å². The zero-order valence-electron chi connectivity index (χ0n) is 17.6. The monoisotopic (exact) mass is 417 g/mol. The fourth-order valence-corrected chi connectivity index (χ4v) is 3.41. The summed E-state index contributed by atoms with van der Waals surface area (Å²) in [6.07, 6.45) is 1.96. The topological polar surface area (TPSA) is 120 Å². The molecule has 4 amide bonds. The summed E-state index contributed by atoms with van der Waals surface area (Å²) in [4.78, 5) is 50.7. The molecule has 0 spiro atoms. The quantitative estimate of drug-likeness (QED) is 0.435. The number of nitrogens with zero attached hydrogens (tertiary/aromatic N) is 1. The Morgan fingerprint density at radius 3 is 2.40 bits per heavy atom. The van der Waals surface area contributed by atoms with Gasteiger partial charge in [0.2, 0.25) is 23.6 Å². The molecule has 30 heavy (non-hydrogen) atoms. The van der Waals surface area contributed by atoms with E-state index in [0.717, 1.165) is 6.42 Å². The molecule has 1 saturated heterocycles. The molecule has 164 valence electrons. The minimum atomic E-state index is -0.570. The predicted octanol–water partition coefficient (Wildman–Crippen LogP) is 0.237. The van der Waals surface area contributed by atoms with E-state index in [4.69, 9.17) is 0 Å².